The van der Waals surface area contributed by atoms with E-state index in [-0.39, 0.29) is 0 Å². The van der Waals surface area contributed by atoms with Crippen LogP contribution in [-0.4, -0.2) is 36.9 Å². The summed E-state index contributed by atoms with van der Waals surface area (Å²) in [6.45, 7) is 4.72. The van der Waals surface area contributed by atoms with Gasteiger partial charge in [0.1, 0.15) is 5.09 Å². The Kier molecular flexibility index (Phi) is 4.87. The van der Waals surface area contributed by atoms with Crippen molar-refractivity contribution in [2.75, 3.05) is 32.0 Å². The minimum atomic E-state index is 0.898. The summed E-state index contributed by atoms with van der Waals surface area (Å²) in [5.74, 6) is 1.21. The lowest BCUT2D eigenvalue weighted by Crippen LogP contribution is -2.31. The van der Waals surface area contributed by atoms with E-state index in [4.69, 9.17) is 4.74 Å². The highest BCUT2D eigenvalue weighted by Gasteiger charge is 2.10. The molecule has 0 atom stereocenters. The molecule has 0 aromatic heterocycles. The summed E-state index contributed by atoms with van der Waals surface area (Å²) in [6.07, 6.45) is 8.79. The summed E-state index contributed by atoms with van der Waals surface area (Å²) in [5, 5.41) is 1.16. The van der Waals surface area contributed by atoms with Crippen LogP contribution in [0.5, 0.6) is 0 Å². The van der Waals surface area contributed by atoms with E-state index in [1.807, 2.05) is 11.8 Å². The maximum atomic E-state index is 5.69. The largest absolute Gasteiger partial charge is 0.488 e. The maximum Gasteiger partial charge on any atom is 0.149 e. The fraction of sp³-hybridized carbons (Fsp3) is 0.833. The van der Waals surface area contributed by atoms with Gasteiger partial charge in [-0.1, -0.05) is 18.2 Å². The summed E-state index contributed by atoms with van der Waals surface area (Å²) in [6, 6.07) is 0. The molecule has 3 heteroatoms. The highest BCUT2D eigenvalue weighted by Crippen LogP contribution is 2.25. The van der Waals surface area contributed by atoms with Crippen molar-refractivity contribution in [2.45, 2.75) is 32.1 Å². The van der Waals surface area contributed by atoms with Gasteiger partial charge in [0.2, 0.25) is 0 Å². The summed E-state index contributed by atoms with van der Waals surface area (Å²) < 4.78 is 5.69. The van der Waals surface area contributed by atoms with Crippen LogP contribution in [0, 0.1) is 0 Å². The molecular formula is C12H21NOS. The van der Waals surface area contributed by atoms with Crippen LogP contribution in [0.25, 0.3) is 0 Å². The molecule has 0 saturated carbocycles. The first-order valence-corrected chi connectivity index (χ1v) is 7.12. The zero-order chi connectivity index (χ0) is 10.3. The quantitative estimate of drug-likeness (QED) is 0.670. The Morgan fingerprint density at radius 1 is 1.27 bits per heavy atom. The van der Waals surface area contributed by atoms with Crippen LogP contribution in [0.1, 0.15) is 32.1 Å². The SMILES string of the molecule is C1=C(OCCCN2CCCCC2)SCC1. The second kappa shape index (κ2) is 6.44. The molecule has 1 saturated heterocycles. The van der Waals surface area contributed by atoms with Gasteiger partial charge in [-0.25, -0.2) is 0 Å². The zero-order valence-corrected chi connectivity index (χ0v) is 10.2. The Labute approximate surface area is 97.0 Å². The summed E-state index contributed by atoms with van der Waals surface area (Å²) in [4.78, 5) is 2.57. The number of hydrogen-bond acceptors (Lipinski definition) is 3. The molecule has 1 fully saturated rings. The molecule has 0 aromatic carbocycles. The highest BCUT2D eigenvalue weighted by molar-refractivity contribution is 8.03. The first kappa shape index (κ1) is 11.3. The first-order chi connectivity index (χ1) is 7.45. The second-order valence-electron chi connectivity index (χ2n) is 4.26. The van der Waals surface area contributed by atoms with Gasteiger partial charge in [0, 0.05) is 12.3 Å². The van der Waals surface area contributed by atoms with Crippen molar-refractivity contribution >= 4 is 11.8 Å². The molecule has 2 nitrogen and oxygen atoms in total. The van der Waals surface area contributed by atoms with Crippen LogP contribution in [0.2, 0.25) is 0 Å². The number of piperidine rings is 1. The number of ether oxygens (including phenoxy) is 1. The minimum absolute atomic E-state index is 0.898. The molecule has 86 valence electrons. The predicted molar refractivity (Wildman–Crippen MR) is 66.0 cm³/mol. The third-order valence-electron chi connectivity index (χ3n) is 2.98. The minimum Gasteiger partial charge on any atom is -0.488 e. The van der Waals surface area contributed by atoms with Crippen LogP contribution in [0.4, 0.5) is 0 Å². The van der Waals surface area contributed by atoms with E-state index in [0.29, 0.717) is 0 Å². The molecule has 2 heterocycles. The van der Waals surface area contributed by atoms with E-state index in [9.17, 15) is 0 Å². The molecule has 0 aliphatic carbocycles. The van der Waals surface area contributed by atoms with E-state index in [1.54, 1.807) is 0 Å². The van der Waals surface area contributed by atoms with E-state index >= 15 is 0 Å². The standard InChI is InChI=1S/C12H21NOS/c1-2-7-13(8-3-1)9-5-10-14-12-6-4-11-15-12/h6H,1-5,7-11H2. The van der Waals surface area contributed by atoms with E-state index < -0.39 is 0 Å². The molecule has 0 amide bonds. The summed E-state index contributed by atoms with van der Waals surface area (Å²) in [5.41, 5.74) is 0. The van der Waals surface area contributed by atoms with Crippen molar-refractivity contribution in [3.05, 3.63) is 11.2 Å². The highest BCUT2D eigenvalue weighted by atomic mass is 32.2. The molecule has 0 bridgehead atoms. The molecule has 2 aliphatic rings. The van der Waals surface area contributed by atoms with Gasteiger partial charge in [-0.05, 0) is 44.8 Å². The van der Waals surface area contributed by atoms with Crippen LogP contribution in [0.15, 0.2) is 11.2 Å². The molecule has 2 rings (SSSR count). The Morgan fingerprint density at radius 3 is 2.87 bits per heavy atom. The van der Waals surface area contributed by atoms with Crippen molar-refractivity contribution in [3.8, 4) is 0 Å². The fourth-order valence-corrected chi connectivity index (χ4v) is 2.98. The summed E-state index contributed by atoms with van der Waals surface area (Å²) >= 11 is 1.85. The molecule has 0 N–H and O–H groups in total. The van der Waals surface area contributed by atoms with Crippen molar-refractivity contribution in [2.24, 2.45) is 0 Å². The monoisotopic (exact) mass is 227 g/mol. The van der Waals surface area contributed by atoms with Gasteiger partial charge >= 0.3 is 0 Å². The number of thioether (sulfide) groups is 1. The first-order valence-electron chi connectivity index (χ1n) is 6.13. The topological polar surface area (TPSA) is 12.5 Å². The lowest BCUT2D eigenvalue weighted by molar-refractivity contribution is 0.182. The second-order valence-corrected chi connectivity index (χ2v) is 5.36. The third-order valence-corrected chi connectivity index (χ3v) is 3.99. The van der Waals surface area contributed by atoms with Crippen molar-refractivity contribution in [1.29, 1.82) is 0 Å². The Balaban J connectivity index is 1.50. The summed E-state index contributed by atoms with van der Waals surface area (Å²) in [7, 11) is 0. The smallest absolute Gasteiger partial charge is 0.149 e. The average Bonchev–Trinajstić information content (AvgIpc) is 2.79. The van der Waals surface area contributed by atoms with Gasteiger partial charge in [-0.2, -0.15) is 0 Å². The maximum absolute atomic E-state index is 5.69. The van der Waals surface area contributed by atoms with Crippen molar-refractivity contribution in [3.63, 3.8) is 0 Å². The zero-order valence-electron chi connectivity index (χ0n) is 9.41. The van der Waals surface area contributed by atoms with Crippen LogP contribution < -0.4 is 0 Å². The van der Waals surface area contributed by atoms with Crippen LogP contribution in [-0.2, 0) is 4.74 Å². The van der Waals surface area contributed by atoms with Gasteiger partial charge in [-0.15, -0.1) is 0 Å². The van der Waals surface area contributed by atoms with Crippen LogP contribution in [0.3, 0.4) is 0 Å². The predicted octanol–water partition coefficient (Wildman–Crippen LogP) is 2.86. The van der Waals surface area contributed by atoms with E-state index in [1.165, 1.54) is 57.5 Å². The van der Waals surface area contributed by atoms with Gasteiger partial charge in [0.05, 0.1) is 6.61 Å². The molecular weight excluding hydrogens is 206 g/mol. The van der Waals surface area contributed by atoms with E-state index in [2.05, 4.69) is 11.0 Å². The molecule has 0 aromatic rings. The normalized spacial score (nSPS) is 22.8. The molecule has 2 aliphatic heterocycles. The molecule has 0 radical (unpaired) electrons. The number of nitrogens with zero attached hydrogens (tertiary/aromatic N) is 1. The van der Waals surface area contributed by atoms with Gasteiger partial charge < -0.3 is 9.64 Å². The molecule has 0 unspecified atom stereocenters. The third kappa shape index (κ3) is 4.07. The van der Waals surface area contributed by atoms with Crippen molar-refractivity contribution < 1.29 is 4.74 Å². The Bertz CT molecular complexity index is 212. The lowest BCUT2D eigenvalue weighted by atomic mass is 10.1. The van der Waals surface area contributed by atoms with Gasteiger partial charge in [0.25, 0.3) is 0 Å². The fourth-order valence-electron chi connectivity index (χ4n) is 2.14. The van der Waals surface area contributed by atoms with Crippen LogP contribution >= 0.6 is 11.8 Å². The number of likely N-dealkylation sites (tertiary alicyclic amines) is 1. The van der Waals surface area contributed by atoms with Crippen molar-refractivity contribution in [1.82, 2.24) is 4.90 Å². The molecule has 15 heavy (non-hydrogen) atoms. The number of allylic oxidation sites excluding steroid dienone is 1. The Hall–Kier alpha value is -0.150. The number of hydrogen-bond donors (Lipinski definition) is 0. The Morgan fingerprint density at radius 2 is 2.13 bits per heavy atom. The van der Waals surface area contributed by atoms with Gasteiger partial charge in [0.15, 0.2) is 0 Å². The molecule has 0 spiro atoms. The van der Waals surface area contributed by atoms with Gasteiger partial charge in [-0.3, -0.25) is 0 Å². The lowest BCUT2D eigenvalue weighted by Gasteiger charge is -2.26. The average molecular weight is 227 g/mol. The van der Waals surface area contributed by atoms with E-state index in [0.717, 1.165) is 11.7 Å². The number of rotatable bonds is 5.